The second kappa shape index (κ2) is 5.66. The number of ether oxygens (including phenoxy) is 2. The fourth-order valence-electron chi connectivity index (χ4n) is 1.70. The normalized spacial score (nSPS) is 12.1. The molecule has 0 aliphatic carbocycles. The standard InChI is InChI=1S/C13H17FO3/c1-8(15)5-11-6-10(9(2)14)7-12(16-3)13(11)17-4/h6-7,9H,5H2,1-4H3. The molecule has 0 amide bonds. The first-order valence-electron chi connectivity index (χ1n) is 5.37. The molecular weight excluding hydrogens is 223 g/mol. The van der Waals surface area contributed by atoms with Crippen molar-refractivity contribution < 1.29 is 18.7 Å². The Labute approximate surface area is 101 Å². The van der Waals surface area contributed by atoms with Crippen molar-refractivity contribution in [2.45, 2.75) is 26.4 Å². The van der Waals surface area contributed by atoms with Gasteiger partial charge in [0.1, 0.15) is 12.0 Å². The Morgan fingerprint density at radius 2 is 2.00 bits per heavy atom. The maximum absolute atomic E-state index is 13.3. The minimum Gasteiger partial charge on any atom is -0.493 e. The van der Waals surface area contributed by atoms with Crippen molar-refractivity contribution in [2.75, 3.05) is 14.2 Å². The molecule has 1 atom stereocenters. The second-order valence-electron chi connectivity index (χ2n) is 3.91. The van der Waals surface area contributed by atoms with E-state index >= 15 is 0 Å². The van der Waals surface area contributed by atoms with Crippen molar-refractivity contribution in [1.29, 1.82) is 0 Å². The number of methoxy groups -OCH3 is 2. The first-order chi connectivity index (χ1) is 7.99. The van der Waals surface area contributed by atoms with E-state index in [1.54, 1.807) is 12.1 Å². The van der Waals surface area contributed by atoms with Crippen LogP contribution in [0.15, 0.2) is 12.1 Å². The first kappa shape index (κ1) is 13.5. The van der Waals surface area contributed by atoms with E-state index in [2.05, 4.69) is 0 Å². The smallest absolute Gasteiger partial charge is 0.164 e. The summed E-state index contributed by atoms with van der Waals surface area (Å²) in [6.45, 7) is 2.93. The van der Waals surface area contributed by atoms with Crippen LogP contribution >= 0.6 is 0 Å². The lowest BCUT2D eigenvalue weighted by molar-refractivity contribution is -0.116. The lowest BCUT2D eigenvalue weighted by Gasteiger charge is -2.15. The predicted octanol–water partition coefficient (Wildman–Crippen LogP) is 2.87. The van der Waals surface area contributed by atoms with E-state index in [9.17, 15) is 9.18 Å². The third kappa shape index (κ3) is 3.19. The summed E-state index contributed by atoms with van der Waals surface area (Å²) in [5, 5.41) is 0. The molecule has 3 nitrogen and oxygen atoms in total. The number of Topliss-reactive ketones (excluding diaryl/α,β-unsaturated/α-hetero) is 1. The van der Waals surface area contributed by atoms with Gasteiger partial charge in [-0.2, -0.15) is 0 Å². The number of rotatable bonds is 5. The number of carbonyl (C=O) groups excluding carboxylic acids is 1. The molecule has 0 aliphatic heterocycles. The Morgan fingerprint density at radius 3 is 2.41 bits per heavy atom. The van der Waals surface area contributed by atoms with Crippen molar-refractivity contribution in [3.05, 3.63) is 23.3 Å². The lowest BCUT2D eigenvalue weighted by Crippen LogP contribution is -2.03. The average molecular weight is 240 g/mol. The second-order valence-corrected chi connectivity index (χ2v) is 3.91. The van der Waals surface area contributed by atoms with Gasteiger partial charge in [0.25, 0.3) is 0 Å². The van der Waals surface area contributed by atoms with Crippen LogP contribution in [0, 0.1) is 0 Å². The summed E-state index contributed by atoms with van der Waals surface area (Å²) < 4.78 is 23.7. The molecule has 0 saturated carbocycles. The maximum atomic E-state index is 13.3. The zero-order valence-corrected chi connectivity index (χ0v) is 10.5. The van der Waals surface area contributed by atoms with E-state index in [-0.39, 0.29) is 12.2 Å². The van der Waals surface area contributed by atoms with E-state index in [4.69, 9.17) is 9.47 Å². The zero-order valence-electron chi connectivity index (χ0n) is 10.5. The highest BCUT2D eigenvalue weighted by molar-refractivity contribution is 5.79. The van der Waals surface area contributed by atoms with Gasteiger partial charge in [-0.25, -0.2) is 4.39 Å². The van der Waals surface area contributed by atoms with Crippen molar-refractivity contribution in [2.24, 2.45) is 0 Å². The molecule has 0 radical (unpaired) electrons. The average Bonchev–Trinajstić information content (AvgIpc) is 2.26. The van der Waals surface area contributed by atoms with Crippen molar-refractivity contribution >= 4 is 5.78 Å². The summed E-state index contributed by atoms with van der Waals surface area (Å²) in [6, 6.07) is 3.24. The SMILES string of the molecule is COc1cc(C(C)F)cc(CC(C)=O)c1OC. The molecule has 0 aliphatic rings. The molecule has 0 heterocycles. The highest BCUT2D eigenvalue weighted by Gasteiger charge is 2.16. The van der Waals surface area contributed by atoms with Crippen LogP contribution in [0.25, 0.3) is 0 Å². The summed E-state index contributed by atoms with van der Waals surface area (Å²) in [5.41, 5.74) is 1.14. The Hall–Kier alpha value is -1.58. The lowest BCUT2D eigenvalue weighted by atomic mass is 10.0. The highest BCUT2D eigenvalue weighted by Crippen LogP contribution is 2.35. The number of ketones is 1. The van der Waals surface area contributed by atoms with Crippen LogP contribution in [0.5, 0.6) is 11.5 Å². The molecule has 0 saturated heterocycles. The Balaban J connectivity index is 3.31. The molecule has 1 unspecified atom stereocenters. The third-order valence-electron chi connectivity index (χ3n) is 2.48. The van der Waals surface area contributed by atoms with E-state index in [1.807, 2.05) is 0 Å². The molecule has 1 aromatic carbocycles. The van der Waals surface area contributed by atoms with E-state index < -0.39 is 6.17 Å². The largest absolute Gasteiger partial charge is 0.493 e. The van der Waals surface area contributed by atoms with Crippen LogP contribution in [0.1, 0.15) is 31.1 Å². The summed E-state index contributed by atoms with van der Waals surface area (Å²) in [5.74, 6) is 0.937. The molecule has 94 valence electrons. The Bertz CT molecular complexity index is 413. The zero-order chi connectivity index (χ0) is 13.0. The third-order valence-corrected chi connectivity index (χ3v) is 2.48. The quantitative estimate of drug-likeness (QED) is 0.793. The van der Waals surface area contributed by atoms with Gasteiger partial charge < -0.3 is 9.47 Å². The maximum Gasteiger partial charge on any atom is 0.164 e. The molecule has 4 heteroatoms. The van der Waals surface area contributed by atoms with E-state index in [0.717, 1.165) is 0 Å². The van der Waals surface area contributed by atoms with E-state index in [0.29, 0.717) is 22.6 Å². The molecule has 17 heavy (non-hydrogen) atoms. The molecule has 0 fully saturated rings. The van der Waals surface area contributed by atoms with Gasteiger partial charge >= 0.3 is 0 Å². The van der Waals surface area contributed by atoms with Crippen LogP contribution in [0.4, 0.5) is 4.39 Å². The number of alkyl halides is 1. The fourth-order valence-corrected chi connectivity index (χ4v) is 1.70. The summed E-state index contributed by atoms with van der Waals surface area (Å²) in [7, 11) is 2.99. The van der Waals surface area contributed by atoms with Gasteiger partial charge in [-0.1, -0.05) is 0 Å². The minimum absolute atomic E-state index is 0.00554. The highest BCUT2D eigenvalue weighted by atomic mass is 19.1. The molecule has 1 rings (SSSR count). The molecule has 0 aromatic heterocycles. The van der Waals surface area contributed by atoms with Gasteiger partial charge in [-0.15, -0.1) is 0 Å². The van der Waals surface area contributed by atoms with Crippen LogP contribution < -0.4 is 9.47 Å². The molecule has 0 bridgehead atoms. The number of hydrogen-bond donors (Lipinski definition) is 0. The fraction of sp³-hybridized carbons (Fsp3) is 0.462. The molecule has 1 aromatic rings. The molecule has 0 N–H and O–H groups in total. The van der Waals surface area contributed by atoms with Crippen molar-refractivity contribution in [3.8, 4) is 11.5 Å². The first-order valence-corrected chi connectivity index (χ1v) is 5.37. The monoisotopic (exact) mass is 240 g/mol. The van der Waals surface area contributed by atoms with E-state index in [1.165, 1.54) is 28.1 Å². The van der Waals surface area contributed by atoms with Gasteiger partial charge in [-0.3, -0.25) is 4.79 Å². The van der Waals surface area contributed by atoms with Crippen LogP contribution in [0.2, 0.25) is 0 Å². The Morgan fingerprint density at radius 1 is 1.35 bits per heavy atom. The van der Waals surface area contributed by atoms with Crippen LogP contribution in [-0.2, 0) is 11.2 Å². The number of hydrogen-bond acceptors (Lipinski definition) is 3. The van der Waals surface area contributed by atoms with Gasteiger partial charge in [0.05, 0.1) is 14.2 Å². The van der Waals surface area contributed by atoms with Gasteiger partial charge in [0.2, 0.25) is 0 Å². The topological polar surface area (TPSA) is 35.5 Å². The van der Waals surface area contributed by atoms with Crippen molar-refractivity contribution in [1.82, 2.24) is 0 Å². The minimum atomic E-state index is -1.11. The summed E-state index contributed by atoms with van der Waals surface area (Å²) in [4.78, 5) is 11.2. The molecular formula is C13H17FO3. The van der Waals surface area contributed by atoms with Crippen molar-refractivity contribution in [3.63, 3.8) is 0 Å². The number of halogens is 1. The van der Waals surface area contributed by atoms with Gasteiger partial charge in [0, 0.05) is 12.0 Å². The number of benzene rings is 1. The molecule has 0 spiro atoms. The Kier molecular flexibility index (Phi) is 4.49. The summed E-state index contributed by atoms with van der Waals surface area (Å²) in [6.07, 6.45) is -0.902. The predicted molar refractivity (Wildman–Crippen MR) is 63.5 cm³/mol. The number of carbonyl (C=O) groups is 1. The van der Waals surface area contributed by atoms with Gasteiger partial charge in [0.15, 0.2) is 11.5 Å². The van der Waals surface area contributed by atoms with Crippen LogP contribution in [0.3, 0.4) is 0 Å². The van der Waals surface area contributed by atoms with Gasteiger partial charge in [-0.05, 0) is 31.5 Å². The summed E-state index contributed by atoms with van der Waals surface area (Å²) >= 11 is 0. The van der Waals surface area contributed by atoms with Crippen LogP contribution in [-0.4, -0.2) is 20.0 Å².